The van der Waals surface area contributed by atoms with Gasteiger partial charge < -0.3 is 4.90 Å². The van der Waals surface area contributed by atoms with Crippen molar-refractivity contribution in [3.63, 3.8) is 0 Å². The van der Waals surface area contributed by atoms with E-state index in [1.165, 1.54) is 13.0 Å². The highest BCUT2D eigenvalue weighted by atomic mass is 15.3. The van der Waals surface area contributed by atoms with Gasteiger partial charge in [-0.05, 0) is 32.2 Å². The molecule has 0 aromatic carbocycles. The van der Waals surface area contributed by atoms with E-state index >= 15 is 0 Å². The Bertz CT molecular complexity index is 275. The van der Waals surface area contributed by atoms with Gasteiger partial charge in [0.05, 0.1) is 6.07 Å². The summed E-state index contributed by atoms with van der Waals surface area (Å²) in [5.41, 5.74) is 0.110. The minimum atomic E-state index is -0.309. The second kappa shape index (κ2) is 5.37. The van der Waals surface area contributed by atoms with Crippen LogP contribution in [0.4, 0.5) is 0 Å². The third kappa shape index (κ3) is 4.65. The summed E-state index contributed by atoms with van der Waals surface area (Å²) in [6.45, 7) is 16.3. The summed E-state index contributed by atoms with van der Waals surface area (Å²) in [5, 5.41) is 9.12. The third-order valence-corrected chi connectivity index (χ3v) is 3.61. The monoisotopic (exact) mass is 237 g/mol. The second-order valence-electron chi connectivity index (χ2n) is 6.81. The first kappa shape index (κ1) is 14.5. The predicted molar refractivity (Wildman–Crippen MR) is 71.8 cm³/mol. The van der Waals surface area contributed by atoms with Crippen molar-refractivity contribution in [3.8, 4) is 6.07 Å². The minimum absolute atomic E-state index is 0.309. The van der Waals surface area contributed by atoms with Crippen molar-refractivity contribution < 1.29 is 0 Å². The molecule has 0 radical (unpaired) electrons. The van der Waals surface area contributed by atoms with Crippen LogP contribution in [-0.4, -0.2) is 48.1 Å². The lowest BCUT2D eigenvalue weighted by atomic mass is 9.92. The molecule has 0 aromatic rings. The first-order valence-electron chi connectivity index (χ1n) is 6.63. The fourth-order valence-corrected chi connectivity index (χ4v) is 2.09. The van der Waals surface area contributed by atoms with Crippen LogP contribution in [0.15, 0.2) is 0 Å². The van der Waals surface area contributed by atoms with Crippen molar-refractivity contribution in [2.24, 2.45) is 5.41 Å². The van der Waals surface area contributed by atoms with Gasteiger partial charge in [0.15, 0.2) is 0 Å². The van der Waals surface area contributed by atoms with Crippen LogP contribution in [0.2, 0.25) is 0 Å². The molecular weight excluding hydrogens is 210 g/mol. The van der Waals surface area contributed by atoms with Gasteiger partial charge in [0.25, 0.3) is 0 Å². The van der Waals surface area contributed by atoms with Gasteiger partial charge in [-0.15, -0.1) is 0 Å². The van der Waals surface area contributed by atoms with Gasteiger partial charge in [-0.1, -0.05) is 20.8 Å². The Kier molecular flexibility index (Phi) is 4.57. The first-order valence-corrected chi connectivity index (χ1v) is 6.63. The molecule has 0 saturated carbocycles. The highest BCUT2D eigenvalue weighted by Crippen LogP contribution is 2.20. The summed E-state index contributed by atoms with van der Waals surface area (Å²) in [7, 11) is 0. The topological polar surface area (TPSA) is 30.3 Å². The van der Waals surface area contributed by atoms with Crippen molar-refractivity contribution in [2.45, 2.75) is 46.6 Å². The van der Waals surface area contributed by atoms with Crippen LogP contribution in [0.1, 0.15) is 41.0 Å². The van der Waals surface area contributed by atoms with Crippen LogP contribution in [0, 0.1) is 16.7 Å². The number of rotatable bonds is 3. The lowest BCUT2D eigenvalue weighted by molar-refractivity contribution is 0.0743. The summed E-state index contributed by atoms with van der Waals surface area (Å²) in [6, 6.07) is 2.39. The number of hydrogen-bond donors (Lipinski definition) is 0. The molecule has 0 N–H and O–H groups in total. The Balaban J connectivity index is 2.34. The Hall–Kier alpha value is -0.590. The zero-order chi connectivity index (χ0) is 13.1. The molecule has 0 aromatic heterocycles. The number of nitrogens with zero attached hydrogens (tertiary/aromatic N) is 3. The van der Waals surface area contributed by atoms with E-state index in [9.17, 15) is 0 Å². The summed E-state index contributed by atoms with van der Waals surface area (Å²) in [5.74, 6) is 0. The molecule has 1 fully saturated rings. The SMILES string of the molecule is CC(C)(C)CCN1CCN(C(C)(C)C#N)CC1. The van der Waals surface area contributed by atoms with E-state index in [1.54, 1.807) is 0 Å². The molecule has 1 rings (SSSR count). The van der Waals surface area contributed by atoms with Crippen molar-refractivity contribution in [1.82, 2.24) is 9.80 Å². The number of piperazine rings is 1. The minimum Gasteiger partial charge on any atom is -0.301 e. The van der Waals surface area contributed by atoms with E-state index < -0.39 is 0 Å². The molecule has 0 bridgehead atoms. The van der Waals surface area contributed by atoms with E-state index in [4.69, 9.17) is 5.26 Å². The molecule has 0 unspecified atom stereocenters. The maximum Gasteiger partial charge on any atom is 0.103 e. The zero-order valence-electron chi connectivity index (χ0n) is 12.1. The lowest BCUT2D eigenvalue weighted by Crippen LogP contribution is -2.54. The van der Waals surface area contributed by atoms with Gasteiger partial charge in [0.1, 0.15) is 5.54 Å². The molecular formula is C14H27N3. The third-order valence-electron chi connectivity index (χ3n) is 3.61. The summed E-state index contributed by atoms with van der Waals surface area (Å²) < 4.78 is 0. The van der Waals surface area contributed by atoms with Gasteiger partial charge in [0.2, 0.25) is 0 Å². The van der Waals surface area contributed by atoms with Crippen molar-refractivity contribution >= 4 is 0 Å². The largest absolute Gasteiger partial charge is 0.301 e. The van der Waals surface area contributed by atoms with E-state index in [2.05, 4.69) is 36.6 Å². The summed E-state index contributed by atoms with van der Waals surface area (Å²) in [6.07, 6.45) is 1.24. The molecule has 3 nitrogen and oxygen atoms in total. The van der Waals surface area contributed by atoms with E-state index in [1.807, 2.05) is 13.8 Å². The van der Waals surface area contributed by atoms with Gasteiger partial charge in [-0.25, -0.2) is 0 Å². The summed E-state index contributed by atoms with van der Waals surface area (Å²) >= 11 is 0. The maximum absolute atomic E-state index is 9.12. The lowest BCUT2D eigenvalue weighted by Gasteiger charge is -2.41. The first-order chi connectivity index (χ1) is 7.74. The van der Waals surface area contributed by atoms with Crippen LogP contribution in [0.25, 0.3) is 0 Å². The average Bonchev–Trinajstić information content (AvgIpc) is 2.26. The second-order valence-corrected chi connectivity index (χ2v) is 6.81. The average molecular weight is 237 g/mol. The normalized spacial score (nSPS) is 20.2. The quantitative estimate of drug-likeness (QED) is 0.755. The summed E-state index contributed by atoms with van der Waals surface area (Å²) in [4.78, 5) is 4.82. The van der Waals surface area contributed by atoms with E-state index in [0.29, 0.717) is 5.41 Å². The van der Waals surface area contributed by atoms with Crippen LogP contribution in [0.3, 0.4) is 0 Å². The van der Waals surface area contributed by atoms with Crippen molar-refractivity contribution in [2.75, 3.05) is 32.7 Å². The number of nitriles is 1. The van der Waals surface area contributed by atoms with Crippen LogP contribution < -0.4 is 0 Å². The van der Waals surface area contributed by atoms with Crippen LogP contribution >= 0.6 is 0 Å². The fourth-order valence-electron chi connectivity index (χ4n) is 2.09. The molecule has 1 aliphatic heterocycles. The van der Waals surface area contributed by atoms with Gasteiger partial charge in [0, 0.05) is 26.2 Å². The van der Waals surface area contributed by atoms with Gasteiger partial charge in [-0.2, -0.15) is 5.26 Å². The molecule has 0 spiro atoms. The van der Waals surface area contributed by atoms with Crippen molar-refractivity contribution in [1.29, 1.82) is 5.26 Å². The van der Waals surface area contributed by atoms with Crippen molar-refractivity contribution in [3.05, 3.63) is 0 Å². The zero-order valence-corrected chi connectivity index (χ0v) is 12.1. The highest BCUT2D eigenvalue weighted by molar-refractivity contribution is 5.02. The standard InChI is InChI=1S/C14H27N3/c1-13(2,3)6-7-16-8-10-17(11-9-16)14(4,5)12-15/h6-11H2,1-5H3. The molecule has 98 valence electrons. The van der Waals surface area contributed by atoms with Crippen LogP contribution in [-0.2, 0) is 0 Å². The van der Waals surface area contributed by atoms with E-state index in [-0.39, 0.29) is 5.54 Å². The smallest absolute Gasteiger partial charge is 0.103 e. The molecule has 1 saturated heterocycles. The van der Waals surface area contributed by atoms with Crippen LogP contribution in [0.5, 0.6) is 0 Å². The number of hydrogen-bond acceptors (Lipinski definition) is 3. The molecule has 1 heterocycles. The fraction of sp³-hybridized carbons (Fsp3) is 0.929. The molecule has 17 heavy (non-hydrogen) atoms. The molecule has 0 aliphatic carbocycles. The maximum atomic E-state index is 9.12. The van der Waals surface area contributed by atoms with Gasteiger partial charge >= 0.3 is 0 Å². The molecule has 0 atom stereocenters. The Morgan fingerprint density at radius 3 is 1.94 bits per heavy atom. The molecule has 0 amide bonds. The van der Waals surface area contributed by atoms with Gasteiger partial charge in [-0.3, -0.25) is 4.90 Å². The highest BCUT2D eigenvalue weighted by Gasteiger charge is 2.29. The predicted octanol–water partition coefficient (Wildman–Crippen LogP) is 2.34. The Morgan fingerprint density at radius 1 is 1.00 bits per heavy atom. The Morgan fingerprint density at radius 2 is 1.53 bits per heavy atom. The molecule has 3 heteroatoms. The van der Waals surface area contributed by atoms with E-state index in [0.717, 1.165) is 26.2 Å². The molecule has 1 aliphatic rings. The Labute approximate surface area is 106 Å².